The summed E-state index contributed by atoms with van der Waals surface area (Å²) in [5.74, 6) is -1.68. The van der Waals surface area contributed by atoms with Crippen LogP contribution in [-0.2, 0) is 4.79 Å². The highest BCUT2D eigenvalue weighted by molar-refractivity contribution is 6.04. The molecule has 0 aliphatic rings. The van der Waals surface area contributed by atoms with Crippen molar-refractivity contribution in [2.24, 2.45) is 5.73 Å². The molecule has 0 aromatic heterocycles. The van der Waals surface area contributed by atoms with E-state index in [1.54, 1.807) is 13.0 Å². The van der Waals surface area contributed by atoms with Crippen LogP contribution in [0.15, 0.2) is 17.7 Å². The molecule has 0 radical (unpaired) electrons. The van der Waals surface area contributed by atoms with Gasteiger partial charge in [-0.1, -0.05) is 6.92 Å². The quantitative estimate of drug-likeness (QED) is 0.364. The Balaban J connectivity index is 3.70. The normalized spacial score (nSPS) is 11.3. The van der Waals surface area contributed by atoms with E-state index < -0.39 is 22.3 Å². The minimum absolute atomic E-state index is 0.132. The lowest BCUT2D eigenvalue weighted by molar-refractivity contribution is -0.386. The van der Waals surface area contributed by atoms with Crippen LogP contribution >= 0.6 is 0 Å². The van der Waals surface area contributed by atoms with Crippen LogP contribution < -0.4 is 10.5 Å². The van der Waals surface area contributed by atoms with Crippen molar-refractivity contribution in [2.45, 2.75) is 13.3 Å². The predicted octanol–water partition coefficient (Wildman–Crippen LogP) is 1.48. The molecule has 1 amide bonds. The third-order valence-electron chi connectivity index (χ3n) is 2.83. The zero-order valence-electron chi connectivity index (χ0n) is 11.4. The molecule has 1 aromatic rings. The topological polar surface area (TPSA) is 139 Å². The zero-order valence-corrected chi connectivity index (χ0v) is 11.4. The molecular weight excluding hydrogens is 278 g/mol. The van der Waals surface area contributed by atoms with Crippen LogP contribution in [0.4, 0.5) is 5.69 Å². The van der Waals surface area contributed by atoms with Gasteiger partial charge in [0.25, 0.3) is 5.91 Å². The van der Waals surface area contributed by atoms with E-state index in [1.807, 2.05) is 0 Å². The standard InChI is InChI=1S/C13H13N3O5/c1-3-8(9(6-14)13(15)18)7-4-10(16(19)20)12(17)11(5-7)21-2/h4-5,17H,3H2,1-2H3,(H2,15,18). The van der Waals surface area contributed by atoms with Crippen LogP contribution in [0.1, 0.15) is 18.9 Å². The van der Waals surface area contributed by atoms with Crippen molar-refractivity contribution in [3.8, 4) is 17.6 Å². The summed E-state index contributed by atoms with van der Waals surface area (Å²) < 4.78 is 4.87. The molecule has 3 N–H and O–H groups in total. The Bertz CT molecular complexity index is 673. The number of hydrogen-bond acceptors (Lipinski definition) is 6. The number of ether oxygens (including phenoxy) is 1. The largest absolute Gasteiger partial charge is 0.500 e. The number of amides is 1. The van der Waals surface area contributed by atoms with Crippen LogP contribution in [0.5, 0.6) is 11.5 Å². The number of methoxy groups -OCH3 is 1. The number of benzene rings is 1. The second-order valence-electron chi connectivity index (χ2n) is 3.99. The number of phenols is 1. The number of nitrogens with two attached hydrogens (primary N) is 1. The summed E-state index contributed by atoms with van der Waals surface area (Å²) in [6.07, 6.45) is 0.247. The highest BCUT2D eigenvalue weighted by Crippen LogP contribution is 2.39. The van der Waals surface area contributed by atoms with E-state index >= 15 is 0 Å². The van der Waals surface area contributed by atoms with Crippen LogP contribution in [0.25, 0.3) is 5.57 Å². The Morgan fingerprint density at radius 1 is 1.57 bits per heavy atom. The molecule has 110 valence electrons. The van der Waals surface area contributed by atoms with Gasteiger partial charge in [0.05, 0.1) is 12.0 Å². The van der Waals surface area contributed by atoms with Crippen molar-refractivity contribution < 1.29 is 19.6 Å². The monoisotopic (exact) mass is 291 g/mol. The fourth-order valence-electron chi connectivity index (χ4n) is 1.86. The molecule has 1 aromatic carbocycles. The van der Waals surface area contributed by atoms with Crippen molar-refractivity contribution in [1.82, 2.24) is 0 Å². The summed E-state index contributed by atoms with van der Waals surface area (Å²) >= 11 is 0. The molecule has 0 saturated carbocycles. The molecule has 1 rings (SSSR count). The summed E-state index contributed by atoms with van der Waals surface area (Å²) in [6, 6.07) is 4.06. The number of carbonyl (C=O) groups excluding carboxylic acids is 1. The SMILES string of the molecule is CCC(=C(C#N)C(N)=O)c1cc(OC)c(O)c([N+](=O)[O-])c1. The number of aromatic hydroxyl groups is 1. The Morgan fingerprint density at radius 3 is 2.57 bits per heavy atom. The van der Waals surface area contributed by atoms with E-state index in [4.69, 9.17) is 15.7 Å². The average molecular weight is 291 g/mol. The lowest BCUT2D eigenvalue weighted by Crippen LogP contribution is -2.14. The van der Waals surface area contributed by atoms with Gasteiger partial charge in [-0.15, -0.1) is 0 Å². The second kappa shape index (κ2) is 6.38. The molecule has 8 heteroatoms. The molecule has 8 nitrogen and oxygen atoms in total. The minimum atomic E-state index is -0.927. The van der Waals surface area contributed by atoms with Crippen molar-refractivity contribution in [2.75, 3.05) is 7.11 Å². The first-order valence-electron chi connectivity index (χ1n) is 5.86. The molecule has 0 saturated heterocycles. The van der Waals surface area contributed by atoms with Crippen molar-refractivity contribution >= 4 is 17.2 Å². The van der Waals surface area contributed by atoms with E-state index in [-0.39, 0.29) is 28.9 Å². The van der Waals surface area contributed by atoms with Gasteiger partial charge in [0, 0.05) is 6.07 Å². The van der Waals surface area contributed by atoms with Gasteiger partial charge in [0.2, 0.25) is 5.75 Å². The van der Waals surface area contributed by atoms with Gasteiger partial charge in [0.1, 0.15) is 11.6 Å². The van der Waals surface area contributed by atoms with Gasteiger partial charge in [-0.05, 0) is 23.6 Å². The van der Waals surface area contributed by atoms with Crippen LogP contribution in [0.2, 0.25) is 0 Å². The van der Waals surface area contributed by atoms with Crippen LogP contribution in [0, 0.1) is 21.4 Å². The van der Waals surface area contributed by atoms with Crippen molar-refractivity contribution in [1.29, 1.82) is 5.26 Å². The van der Waals surface area contributed by atoms with Gasteiger partial charge in [-0.3, -0.25) is 14.9 Å². The molecule has 21 heavy (non-hydrogen) atoms. The first kappa shape index (κ1) is 16.0. The summed E-state index contributed by atoms with van der Waals surface area (Å²) in [7, 11) is 1.23. The summed E-state index contributed by atoms with van der Waals surface area (Å²) in [5, 5.41) is 29.6. The van der Waals surface area contributed by atoms with Crippen molar-refractivity contribution in [3.63, 3.8) is 0 Å². The highest BCUT2D eigenvalue weighted by Gasteiger charge is 2.22. The lowest BCUT2D eigenvalue weighted by Gasteiger charge is -2.10. The third kappa shape index (κ3) is 3.09. The van der Waals surface area contributed by atoms with E-state index in [0.717, 1.165) is 6.07 Å². The molecular formula is C13H13N3O5. The number of nitro benzene ring substituents is 1. The zero-order chi connectivity index (χ0) is 16.2. The maximum Gasteiger partial charge on any atom is 0.315 e. The predicted molar refractivity (Wildman–Crippen MR) is 73.3 cm³/mol. The first-order valence-corrected chi connectivity index (χ1v) is 5.86. The number of nitriles is 1. The lowest BCUT2D eigenvalue weighted by atomic mass is 9.96. The molecule has 0 fully saturated rings. The number of hydrogen-bond donors (Lipinski definition) is 2. The van der Waals surface area contributed by atoms with Crippen molar-refractivity contribution in [3.05, 3.63) is 33.4 Å². The molecule has 0 aliphatic carbocycles. The van der Waals surface area contributed by atoms with Crippen LogP contribution in [-0.4, -0.2) is 23.0 Å². The number of nitro groups is 1. The second-order valence-corrected chi connectivity index (χ2v) is 3.99. The number of rotatable bonds is 5. The Kier molecular flexibility index (Phi) is 4.86. The maximum absolute atomic E-state index is 11.3. The van der Waals surface area contributed by atoms with Gasteiger partial charge in [-0.2, -0.15) is 5.26 Å². The van der Waals surface area contributed by atoms with Gasteiger partial charge in [-0.25, -0.2) is 0 Å². The minimum Gasteiger partial charge on any atom is -0.500 e. The fourth-order valence-corrected chi connectivity index (χ4v) is 1.86. The van der Waals surface area contributed by atoms with E-state index in [1.165, 1.54) is 13.2 Å². The maximum atomic E-state index is 11.3. The smallest absolute Gasteiger partial charge is 0.315 e. The Labute approximate surface area is 120 Å². The molecule has 0 unspecified atom stereocenters. The average Bonchev–Trinajstić information content (AvgIpc) is 2.44. The summed E-state index contributed by atoms with van der Waals surface area (Å²) in [5.41, 5.74) is 4.71. The summed E-state index contributed by atoms with van der Waals surface area (Å²) in [6.45, 7) is 1.67. The van der Waals surface area contributed by atoms with Gasteiger partial charge < -0.3 is 15.6 Å². The number of nitrogens with zero attached hydrogens (tertiary/aromatic N) is 2. The number of allylic oxidation sites excluding steroid dienone is 1. The van der Waals surface area contributed by atoms with Crippen LogP contribution in [0.3, 0.4) is 0 Å². The molecule has 0 heterocycles. The first-order chi connectivity index (χ1) is 9.87. The van der Waals surface area contributed by atoms with Gasteiger partial charge in [0.15, 0.2) is 5.75 Å². The number of phenolic OH excluding ortho intramolecular Hbond substituents is 1. The summed E-state index contributed by atoms with van der Waals surface area (Å²) in [4.78, 5) is 21.4. The highest BCUT2D eigenvalue weighted by atomic mass is 16.6. The van der Waals surface area contributed by atoms with E-state index in [2.05, 4.69) is 0 Å². The Hall–Kier alpha value is -3.08. The van der Waals surface area contributed by atoms with E-state index in [0.29, 0.717) is 0 Å². The Morgan fingerprint density at radius 2 is 2.19 bits per heavy atom. The molecule has 0 aliphatic heterocycles. The number of carbonyl (C=O) groups is 1. The van der Waals surface area contributed by atoms with Gasteiger partial charge >= 0.3 is 5.69 Å². The fraction of sp³-hybridized carbons (Fsp3) is 0.231. The number of primary amides is 1. The third-order valence-corrected chi connectivity index (χ3v) is 2.83. The molecule has 0 spiro atoms. The molecule has 0 bridgehead atoms. The molecule has 0 atom stereocenters. The van der Waals surface area contributed by atoms with E-state index in [9.17, 15) is 20.0 Å².